The van der Waals surface area contributed by atoms with Gasteiger partial charge in [0.15, 0.2) is 5.69 Å². The van der Waals surface area contributed by atoms with E-state index in [0.29, 0.717) is 12.4 Å². The van der Waals surface area contributed by atoms with Gasteiger partial charge < -0.3 is 10.4 Å². The van der Waals surface area contributed by atoms with Crippen molar-refractivity contribution >= 4 is 5.82 Å². The van der Waals surface area contributed by atoms with Gasteiger partial charge in [-0.1, -0.05) is 11.8 Å². The van der Waals surface area contributed by atoms with Crippen LogP contribution in [-0.4, -0.2) is 28.5 Å². The Balaban J connectivity index is 2.49. The maximum atomic E-state index is 8.45. The zero-order valence-electron chi connectivity index (χ0n) is 7.36. The van der Waals surface area contributed by atoms with Crippen LogP contribution in [0.3, 0.4) is 0 Å². The molecule has 14 heavy (non-hydrogen) atoms. The zero-order chi connectivity index (χ0) is 10.2. The lowest BCUT2D eigenvalue weighted by Gasteiger charge is -1.98. The minimum atomic E-state index is -0.152. The van der Waals surface area contributed by atoms with Gasteiger partial charge in [0, 0.05) is 0 Å². The molecule has 0 bridgehead atoms. The molecule has 1 aromatic heterocycles. The number of nitriles is 1. The largest absolute Gasteiger partial charge is 0.384 e. The fourth-order valence-corrected chi connectivity index (χ4v) is 0.739. The molecule has 1 rings (SSSR count). The lowest BCUT2D eigenvalue weighted by atomic mass is 10.4. The van der Waals surface area contributed by atoms with Crippen LogP contribution >= 0.6 is 0 Å². The lowest BCUT2D eigenvalue weighted by molar-refractivity contribution is 0.350. The second-order valence-corrected chi connectivity index (χ2v) is 2.28. The van der Waals surface area contributed by atoms with Crippen LogP contribution in [0, 0.1) is 23.2 Å². The van der Waals surface area contributed by atoms with E-state index in [1.54, 1.807) is 12.1 Å². The van der Waals surface area contributed by atoms with Gasteiger partial charge in [0.2, 0.25) is 0 Å². The van der Waals surface area contributed by atoms with Crippen LogP contribution in [-0.2, 0) is 0 Å². The van der Waals surface area contributed by atoms with Gasteiger partial charge in [0.05, 0.1) is 6.54 Å². The van der Waals surface area contributed by atoms with Crippen LogP contribution < -0.4 is 5.32 Å². The molecule has 0 fully saturated rings. The molecule has 0 radical (unpaired) electrons. The fourth-order valence-electron chi connectivity index (χ4n) is 0.739. The van der Waals surface area contributed by atoms with E-state index in [1.807, 2.05) is 6.07 Å². The quantitative estimate of drug-likeness (QED) is 0.626. The second-order valence-electron chi connectivity index (χ2n) is 2.28. The Bertz CT molecular complexity index is 382. The molecule has 5 heteroatoms. The van der Waals surface area contributed by atoms with Crippen molar-refractivity contribution in [2.45, 2.75) is 0 Å². The van der Waals surface area contributed by atoms with Crippen molar-refractivity contribution < 1.29 is 5.11 Å². The molecule has 5 nitrogen and oxygen atoms in total. The Morgan fingerprint density at radius 3 is 2.79 bits per heavy atom. The summed E-state index contributed by atoms with van der Waals surface area (Å²) in [6.07, 6.45) is 0. The highest BCUT2D eigenvalue weighted by atomic mass is 16.2. The van der Waals surface area contributed by atoms with Crippen molar-refractivity contribution in [3.63, 3.8) is 0 Å². The number of nitrogens with zero attached hydrogens (tertiary/aromatic N) is 3. The summed E-state index contributed by atoms with van der Waals surface area (Å²) < 4.78 is 0. The number of aliphatic hydroxyl groups is 1. The summed E-state index contributed by atoms with van der Waals surface area (Å²) in [6, 6.07) is 5.08. The van der Waals surface area contributed by atoms with Crippen molar-refractivity contribution in [1.82, 2.24) is 10.2 Å². The van der Waals surface area contributed by atoms with Crippen LogP contribution in [0.15, 0.2) is 12.1 Å². The van der Waals surface area contributed by atoms with E-state index in [-0.39, 0.29) is 12.3 Å². The van der Waals surface area contributed by atoms with Gasteiger partial charge in [-0.25, -0.2) is 0 Å². The van der Waals surface area contributed by atoms with Crippen molar-refractivity contribution in [3.8, 4) is 17.9 Å². The summed E-state index contributed by atoms with van der Waals surface area (Å²) in [6.45, 7) is 0.238. The third-order valence-electron chi connectivity index (χ3n) is 1.34. The third kappa shape index (κ3) is 3.10. The summed E-state index contributed by atoms with van der Waals surface area (Å²) in [5.41, 5.74) is 0.275. The van der Waals surface area contributed by atoms with Crippen molar-refractivity contribution in [1.29, 1.82) is 5.26 Å². The predicted octanol–water partition coefficient (Wildman–Crippen LogP) is -0.244. The van der Waals surface area contributed by atoms with Gasteiger partial charge in [0.1, 0.15) is 18.5 Å². The van der Waals surface area contributed by atoms with E-state index >= 15 is 0 Å². The van der Waals surface area contributed by atoms with Gasteiger partial charge in [-0.05, 0) is 12.1 Å². The first-order chi connectivity index (χ1) is 6.86. The maximum absolute atomic E-state index is 8.45. The number of aromatic nitrogens is 2. The van der Waals surface area contributed by atoms with E-state index in [9.17, 15) is 0 Å². The Morgan fingerprint density at radius 2 is 2.21 bits per heavy atom. The molecule has 0 aliphatic rings. The summed E-state index contributed by atoms with van der Waals surface area (Å²) in [5, 5.41) is 27.0. The van der Waals surface area contributed by atoms with Gasteiger partial charge in [-0.2, -0.15) is 5.26 Å². The minimum absolute atomic E-state index is 0.152. The molecule has 0 unspecified atom stereocenters. The van der Waals surface area contributed by atoms with Crippen LogP contribution in [0.2, 0.25) is 0 Å². The summed E-state index contributed by atoms with van der Waals surface area (Å²) in [7, 11) is 0. The van der Waals surface area contributed by atoms with Crippen LogP contribution in [0.1, 0.15) is 5.69 Å². The van der Waals surface area contributed by atoms with E-state index in [2.05, 4.69) is 27.4 Å². The molecule has 0 atom stereocenters. The Kier molecular flexibility index (Phi) is 3.93. The van der Waals surface area contributed by atoms with E-state index < -0.39 is 0 Å². The fraction of sp³-hybridized carbons (Fsp3) is 0.222. The van der Waals surface area contributed by atoms with Gasteiger partial charge >= 0.3 is 0 Å². The average Bonchev–Trinajstić information content (AvgIpc) is 2.25. The summed E-state index contributed by atoms with van der Waals surface area (Å²) in [5.74, 6) is 5.70. The average molecular weight is 188 g/mol. The molecule has 2 N–H and O–H groups in total. The Morgan fingerprint density at radius 1 is 1.36 bits per heavy atom. The van der Waals surface area contributed by atoms with Crippen molar-refractivity contribution in [2.75, 3.05) is 18.5 Å². The number of nitrogens with one attached hydrogen (secondary N) is 1. The molecule has 0 aromatic carbocycles. The third-order valence-corrected chi connectivity index (χ3v) is 1.34. The maximum Gasteiger partial charge on any atom is 0.163 e. The molecule has 0 spiro atoms. The van der Waals surface area contributed by atoms with E-state index in [1.165, 1.54) is 0 Å². The lowest BCUT2D eigenvalue weighted by Crippen LogP contribution is -2.02. The zero-order valence-corrected chi connectivity index (χ0v) is 7.36. The molecule has 0 aliphatic carbocycles. The monoisotopic (exact) mass is 188 g/mol. The number of rotatable bonds is 2. The standard InChI is InChI=1S/C9H8N4O/c10-7-8-3-4-9(13-12-8)11-5-1-2-6-14/h3-4,14H,5-6H2,(H,11,13). The Labute approximate surface area is 81.4 Å². The van der Waals surface area contributed by atoms with Crippen molar-refractivity contribution in [2.24, 2.45) is 0 Å². The smallest absolute Gasteiger partial charge is 0.163 e. The first-order valence-electron chi connectivity index (χ1n) is 3.91. The van der Waals surface area contributed by atoms with E-state index in [0.717, 1.165) is 0 Å². The van der Waals surface area contributed by atoms with Gasteiger partial charge in [-0.3, -0.25) is 0 Å². The normalized spacial score (nSPS) is 8.29. The predicted molar refractivity (Wildman–Crippen MR) is 50.1 cm³/mol. The minimum Gasteiger partial charge on any atom is -0.384 e. The molecule has 0 aliphatic heterocycles. The first kappa shape index (κ1) is 9.97. The van der Waals surface area contributed by atoms with E-state index in [4.69, 9.17) is 10.4 Å². The molecule has 0 amide bonds. The molecular weight excluding hydrogens is 180 g/mol. The number of hydrogen-bond donors (Lipinski definition) is 2. The van der Waals surface area contributed by atoms with Crippen LogP contribution in [0.4, 0.5) is 5.82 Å². The number of hydrogen-bond acceptors (Lipinski definition) is 5. The summed E-state index contributed by atoms with van der Waals surface area (Å²) in [4.78, 5) is 0. The SMILES string of the molecule is N#Cc1ccc(NCC#CCO)nn1. The molecule has 1 aromatic rings. The highest BCUT2D eigenvalue weighted by Crippen LogP contribution is 1.99. The summed E-state index contributed by atoms with van der Waals surface area (Å²) >= 11 is 0. The van der Waals surface area contributed by atoms with Crippen LogP contribution in [0.25, 0.3) is 0 Å². The molecule has 0 saturated carbocycles. The molecule has 0 saturated heterocycles. The highest BCUT2D eigenvalue weighted by molar-refractivity contribution is 5.36. The number of aliphatic hydroxyl groups excluding tert-OH is 1. The Hall–Kier alpha value is -2.11. The van der Waals surface area contributed by atoms with Crippen molar-refractivity contribution in [3.05, 3.63) is 17.8 Å². The first-order valence-corrected chi connectivity index (χ1v) is 3.91. The molecule has 1 heterocycles. The topological polar surface area (TPSA) is 81.8 Å². The van der Waals surface area contributed by atoms with Crippen LogP contribution in [0.5, 0.6) is 0 Å². The molecular formula is C9H8N4O. The van der Waals surface area contributed by atoms with Gasteiger partial charge in [-0.15, -0.1) is 10.2 Å². The second kappa shape index (κ2) is 5.52. The highest BCUT2D eigenvalue weighted by Gasteiger charge is 1.93. The number of anilines is 1. The molecule has 70 valence electrons. The van der Waals surface area contributed by atoms with Gasteiger partial charge in [0.25, 0.3) is 0 Å².